The molecule has 0 saturated carbocycles. The van der Waals surface area contributed by atoms with Crippen molar-refractivity contribution in [2.75, 3.05) is 0 Å². The number of aliphatic hydroxyl groups is 2. The number of hydrogen-bond acceptors (Lipinski definition) is 3. The number of benzene rings is 2. The molecule has 0 radical (unpaired) electrons. The maximum Gasteiger partial charge on any atom is 1.00 e. The molecule has 31 heavy (non-hydrogen) atoms. The molecule has 0 aliphatic carbocycles. The van der Waals surface area contributed by atoms with Crippen LogP contribution in [0.1, 0.15) is 39.9 Å². The minimum atomic E-state index is -1.13. The van der Waals surface area contributed by atoms with Crippen molar-refractivity contribution in [2.45, 2.75) is 44.9 Å². The second-order valence-electron chi connectivity index (χ2n) is 7.66. The van der Waals surface area contributed by atoms with Gasteiger partial charge in [-0.3, -0.25) is 4.79 Å². The van der Waals surface area contributed by atoms with Gasteiger partial charge in [-0.2, -0.15) is 0 Å². The van der Waals surface area contributed by atoms with Gasteiger partial charge in [0.05, 0.1) is 18.6 Å². The Kier molecular flexibility index (Phi) is 9.03. The van der Waals surface area contributed by atoms with Crippen LogP contribution in [0.5, 0.6) is 0 Å². The molecule has 1 heterocycles. The Morgan fingerprint density at radius 1 is 1.13 bits per heavy atom. The molecule has 2 aromatic carbocycles. The molecule has 160 valence electrons. The first kappa shape index (κ1) is 25.3. The number of carboxylic acid groups (broad SMARTS) is 1. The standard InChI is InChI=1S/C24H26FNO4.Na.H/c1-15(2)26-21-6-4-3-5-20(21)24(16-7-9-17(25)10-8-16)22(26)12-11-18(27)13-19(28)14-23(29)30;;/h3-12,15,18-19,27-28H,13-14H2,1-2H3,(H,29,30);;/q;+1;-1/t18-,19-;;/m1../s1. The fourth-order valence-electron chi connectivity index (χ4n) is 3.77. The molecular formula is C24H27FNNaO4. The number of aliphatic carboxylic acids is 1. The number of para-hydroxylation sites is 1. The van der Waals surface area contributed by atoms with E-state index in [4.69, 9.17) is 5.11 Å². The fraction of sp³-hybridized carbons (Fsp3) is 0.292. The van der Waals surface area contributed by atoms with Gasteiger partial charge < -0.3 is 21.3 Å². The maximum atomic E-state index is 13.5. The van der Waals surface area contributed by atoms with Crippen LogP contribution in [0.25, 0.3) is 28.1 Å². The minimum Gasteiger partial charge on any atom is -1.00 e. The summed E-state index contributed by atoms with van der Waals surface area (Å²) in [5, 5.41) is 29.9. The van der Waals surface area contributed by atoms with Crippen LogP contribution in [0, 0.1) is 5.82 Å². The molecule has 3 N–H and O–H groups in total. The van der Waals surface area contributed by atoms with Crippen molar-refractivity contribution in [3.63, 3.8) is 0 Å². The number of halogens is 1. The van der Waals surface area contributed by atoms with E-state index in [0.29, 0.717) is 0 Å². The molecule has 0 amide bonds. The molecular weight excluding hydrogens is 408 g/mol. The van der Waals surface area contributed by atoms with Crippen LogP contribution in [0.4, 0.5) is 4.39 Å². The molecule has 0 saturated heterocycles. The van der Waals surface area contributed by atoms with Crippen molar-refractivity contribution >= 4 is 22.9 Å². The summed E-state index contributed by atoms with van der Waals surface area (Å²) >= 11 is 0. The molecule has 0 aliphatic rings. The quantitative estimate of drug-likeness (QED) is 0.471. The van der Waals surface area contributed by atoms with Crippen LogP contribution in [-0.2, 0) is 4.79 Å². The number of nitrogens with zero attached hydrogens (tertiary/aromatic N) is 1. The molecule has 2 atom stereocenters. The molecule has 0 spiro atoms. The average Bonchev–Trinajstić information content (AvgIpc) is 3.00. The van der Waals surface area contributed by atoms with Gasteiger partial charge in [-0.1, -0.05) is 36.4 Å². The Morgan fingerprint density at radius 3 is 2.39 bits per heavy atom. The van der Waals surface area contributed by atoms with E-state index in [1.165, 1.54) is 12.1 Å². The summed E-state index contributed by atoms with van der Waals surface area (Å²) in [5.74, 6) is -1.43. The number of carboxylic acids is 1. The number of fused-ring (bicyclic) bond motifs is 1. The van der Waals surface area contributed by atoms with Gasteiger partial charge in [0, 0.05) is 34.6 Å². The van der Waals surface area contributed by atoms with E-state index >= 15 is 0 Å². The van der Waals surface area contributed by atoms with Crippen LogP contribution in [0.15, 0.2) is 54.6 Å². The Bertz CT molecular complexity index is 1070. The molecule has 0 fully saturated rings. The minimum absolute atomic E-state index is 0. The van der Waals surface area contributed by atoms with E-state index in [-0.39, 0.29) is 49.3 Å². The van der Waals surface area contributed by atoms with Crippen molar-refractivity contribution in [1.82, 2.24) is 4.57 Å². The van der Waals surface area contributed by atoms with E-state index < -0.39 is 24.6 Å². The van der Waals surface area contributed by atoms with Gasteiger partial charge in [0.15, 0.2) is 0 Å². The molecule has 0 aliphatic heterocycles. The molecule has 1 aromatic heterocycles. The molecule has 7 heteroatoms. The van der Waals surface area contributed by atoms with Gasteiger partial charge in [0.2, 0.25) is 0 Å². The van der Waals surface area contributed by atoms with Crippen molar-refractivity contribution in [3.8, 4) is 11.1 Å². The molecule has 5 nitrogen and oxygen atoms in total. The first-order chi connectivity index (χ1) is 14.3. The van der Waals surface area contributed by atoms with Gasteiger partial charge in [-0.15, -0.1) is 0 Å². The molecule has 3 aromatic rings. The van der Waals surface area contributed by atoms with Crippen LogP contribution in [0.2, 0.25) is 0 Å². The van der Waals surface area contributed by atoms with E-state index in [9.17, 15) is 19.4 Å². The smallest absolute Gasteiger partial charge is 1.00 e. The molecule has 0 bridgehead atoms. The zero-order chi connectivity index (χ0) is 21.8. The SMILES string of the molecule is CC(C)n1c(C=C[C@@H](O)C[C@@H](O)CC(=O)O)c(-c2ccc(F)cc2)c2ccccc21.[H-].[Na+]. The summed E-state index contributed by atoms with van der Waals surface area (Å²) in [6, 6.07) is 14.4. The summed E-state index contributed by atoms with van der Waals surface area (Å²) in [5.41, 5.74) is 3.65. The zero-order valence-corrected chi connectivity index (χ0v) is 20.0. The van der Waals surface area contributed by atoms with Gasteiger partial charge in [0.25, 0.3) is 0 Å². The normalized spacial score (nSPS) is 13.5. The van der Waals surface area contributed by atoms with Gasteiger partial charge in [-0.25, -0.2) is 4.39 Å². The third-order valence-corrected chi connectivity index (χ3v) is 5.00. The Morgan fingerprint density at radius 2 is 1.77 bits per heavy atom. The first-order valence-electron chi connectivity index (χ1n) is 9.93. The number of aliphatic hydroxyl groups excluding tert-OH is 2. The van der Waals surface area contributed by atoms with Crippen molar-refractivity contribution in [1.29, 1.82) is 0 Å². The first-order valence-corrected chi connectivity index (χ1v) is 9.93. The van der Waals surface area contributed by atoms with Crippen LogP contribution >= 0.6 is 0 Å². The second kappa shape index (κ2) is 11.1. The van der Waals surface area contributed by atoms with E-state index in [1.54, 1.807) is 24.3 Å². The van der Waals surface area contributed by atoms with Crippen LogP contribution < -0.4 is 29.6 Å². The van der Waals surface area contributed by atoms with E-state index in [2.05, 4.69) is 18.4 Å². The van der Waals surface area contributed by atoms with Gasteiger partial charge >= 0.3 is 35.5 Å². The van der Waals surface area contributed by atoms with Crippen molar-refractivity contribution in [3.05, 3.63) is 66.1 Å². The summed E-state index contributed by atoms with van der Waals surface area (Å²) in [4.78, 5) is 10.7. The second-order valence-corrected chi connectivity index (χ2v) is 7.66. The monoisotopic (exact) mass is 435 g/mol. The summed E-state index contributed by atoms with van der Waals surface area (Å²) in [6.45, 7) is 4.12. The number of hydrogen-bond donors (Lipinski definition) is 3. The van der Waals surface area contributed by atoms with Crippen LogP contribution in [-0.4, -0.2) is 38.1 Å². The third-order valence-electron chi connectivity index (χ3n) is 5.00. The summed E-state index contributed by atoms with van der Waals surface area (Å²) in [6.07, 6.45) is 0.727. The number of aromatic nitrogens is 1. The molecule has 3 rings (SSSR count). The van der Waals surface area contributed by atoms with Crippen LogP contribution in [0.3, 0.4) is 0 Å². The van der Waals surface area contributed by atoms with Crippen molar-refractivity contribution in [2.24, 2.45) is 0 Å². The molecule has 0 unspecified atom stereocenters. The third kappa shape index (κ3) is 6.05. The summed E-state index contributed by atoms with van der Waals surface area (Å²) < 4.78 is 15.6. The van der Waals surface area contributed by atoms with E-state index in [0.717, 1.165) is 27.7 Å². The van der Waals surface area contributed by atoms with Gasteiger partial charge in [-0.05, 0) is 43.7 Å². The number of rotatable bonds is 8. The topological polar surface area (TPSA) is 82.7 Å². The fourth-order valence-corrected chi connectivity index (χ4v) is 3.77. The van der Waals surface area contributed by atoms with Crippen molar-refractivity contribution < 1.29 is 55.5 Å². The number of carbonyl (C=O) groups is 1. The predicted molar refractivity (Wildman–Crippen MR) is 117 cm³/mol. The summed E-state index contributed by atoms with van der Waals surface area (Å²) in [7, 11) is 0. The Balaban J connectivity index is 0.00000256. The Labute approximate surface area is 204 Å². The zero-order valence-electron chi connectivity index (χ0n) is 19.0. The largest absolute Gasteiger partial charge is 1.00 e. The van der Waals surface area contributed by atoms with Gasteiger partial charge in [0.1, 0.15) is 5.82 Å². The maximum absolute atomic E-state index is 13.5. The Hall–Kier alpha value is -1.96. The average molecular weight is 435 g/mol. The van der Waals surface area contributed by atoms with E-state index in [1.807, 2.05) is 24.3 Å². The predicted octanol–water partition coefficient (Wildman–Crippen LogP) is 1.74.